The van der Waals surface area contributed by atoms with Crippen LogP contribution in [0, 0.1) is 12.7 Å². The molecule has 134 valence electrons. The zero-order valence-electron chi connectivity index (χ0n) is 14.3. The number of rotatable bonds is 6. The zero-order chi connectivity index (χ0) is 17.9. The summed E-state index contributed by atoms with van der Waals surface area (Å²) >= 11 is 0. The Bertz CT molecular complexity index is 819. The number of likely N-dealkylation sites (tertiary alicyclic amines) is 1. The second-order valence-electron chi connectivity index (χ2n) is 6.43. The third-order valence-electron chi connectivity index (χ3n) is 4.66. The Kier molecular flexibility index (Phi) is 5.51. The SMILES string of the molecule is Cc1cc(F)ccc1S(=O)(=O)NCC(c1ccccc1)N1CCCC1. The highest BCUT2D eigenvalue weighted by Crippen LogP contribution is 2.25. The molecule has 1 heterocycles. The molecule has 0 aliphatic carbocycles. The van der Waals surface area contributed by atoms with Gasteiger partial charge >= 0.3 is 0 Å². The summed E-state index contributed by atoms with van der Waals surface area (Å²) < 4.78 is 41.3. The molecular weight excluding hydrogens is 339 g/mol. The molecule has 4 nitrogen and oxygen atoms in total. The van der Waals surface area contributed by atoms with Crippen molar-refractivity contribution in [3.8, 4) is 0 Å². The Labute approximate surface area is 148 Å². The van der Waals surface area contributed by atoms with Crippen LogP contribution in [-0.2, 0) is 10.0 Å². The lowest BCUT2D eigenvalue weighted by Crippen LogP contribution is -2.37. The van der Waals surface area contributed by atoms with Gasteiger partial charge in [0.25, 0.3) is 0 Å². The molecule has 6 heteroatoms. The van der Waals surface area contributed by atoms with Crippen LogP contribution in [0.5, 0.6) is 0 Å². The minimum Gasteiger partial charge on any atom is -0.295 e. The molecule has 1 unspecified atom stereocenters. The molecule has 3 rings (SSSR count). The summed E-state index contributed by atoms with van der Waals surface area (Å²) in [6.07, 6.45) is 2.26. The van der Waals surface area contributed by atoms with Crippen molar-refractivity contribution >= 4 is 10.0 Å². The molecular formula is C19H23FN2O2S. The maximum atomic E-state index is 13.3. The van der Waals surface area contributed by atoms with E-state index in [4.69, 9.17) is 0 Å². The van der Waals surface area contributed by atoms with Crippen molar-refractivity contribution in [1.29, 1.82) is 0 Å². The lowest BCUT2D eigenvalue weighted by Gasteiger charge is -2.28. The van der Waals surface area contributed by atoms with E-state index >= 15 is 0 Å². The topological polar surface area (TPSA) is 49.4 Å². The van der Waals surface area contributed by atoms with Crippen molar-refractivity contribution in [1.82, 2.24) is 9.62 Å². The molecule has 1 aliphatic heterocycles. The molecule has 0 spiro atoms. The van der Waals surface area contributed by atoms with Crippen LogP contribution < -0.4 is 4.72 Å². The highest BCUT2D eigenvalue weighted by atomic mass is 32.2. The number of hydrogen-bond donors (Lipinski definition) is 1. The van der Waals surface area contributed by atoms with E-state index < -0.39 is 15.8 Å². The molecule has 2 aromatic rings. The molecule has 1 saturated heterocycles. The van der Waals surface area contributed by atoms with Gasteiger partial charge < -0.3 is 0 Å². The minimum atomic E-state index is -3.68. The molecule has 1 N–H and O–H groups in total. The first-order valence-electron chi connectivity index (χ1n) is 8.52. The van der Waals surface area contributed by atoms with E-state index in [-0.39, 0.29) is 10.9 Å². The van der Waals surface area contributed by atoms with Gasteiger partial charge in [-0.3, -0.25) is 4.90 Å². The molecule has 2 aromatic carbocycles. The Morgan fingerprint density at radius 3 is 2.44 bits per heavy atom. The average molecular weight is 362 g/mol. The highest BCUT2D eigenvalue weighted by molar-refractivity contribution is 7.89. The Morgan fingerprint density at radius 1 is 1.12 bits per heavy atom. The molecule has 0 bridgehead atoms. The second kappa shape index (κ2) is 7.64. The fourth-order valence-electron chi connectivity index (χ4n) is 3.37. The third kappa shape index (κ3) is 4.26. The predicted octanol–water partition coefficient (Wildman–Crippen LogP) is 3.25. The molecule has 1 aliphatic rings. The Hall–Kier alpha value is -1.76. The van der Waals surface area contributed by atoms with Crippen molar-refractivity contribution in [2.45, 2.75) is 30.7 Å². The standard InChI is InChI=1S/C19H23FN2O2S/c1-15-13-17(20)9-10-19(15)25(23,24)21-14-18(22-11-5-6-12-22)16-7-3-2-4-8-16/h2-4,7-10,13,18,21H,5-6,11-12,14H2,1H3. The summed E-state index contributed by atoms with van der Waals surface area (Å²) in [4.78, 5) is 2.44. The van der Waals surface area contributed by atoms with Crippen molar-refractivity contribution in [2.75, 3.05) is 19.6 Å². The summed E-state index contributed by atoms with van der Waals surface area (Å²) in [7, 11) is -3.68. The summed E-state index contributed by atoms with van der Waals surface area (Å²) in [5.74, 6) is -0.435. The van der Waals surface area contributed by atoms with Crippen LogP contribution in [0.2, 0.25) is 0 Å². The summed E-state index contributed by atoms with van der Waals surface area (Å²) in [6, 6.07) is 13.7. The molecule has 0 saturated carbocycles. The van der Waals surface area contributed by atoms with Crippen LogP contribution in [0.1, 0.15) is 30.0 Å². The van der Waals surface area contributed by atoms with Crippen LogP contribution >= 0.6 is 0 Å². The van der Waals surface area contributed by atoms with Crippen molar-refractivity contribution in [2.24, 2.45) is 0 Å². The normalized spacial score (nSPS) is 16.9. The third-order valence-corrected chi connectivity index (χ3v) is 6.24. The number of aryl methyl sites for hydroxylation is 1. The largest absolute Gasteiger partial charge is 0.295 e. The maximum Gasteiger partial charge on any atom is 0.240 e. The van der Waals surface area contributed by atoms with Gasteiger partial charge in [0.2, 0.25) is 10.0 Å². The lowest BCUT2D eigenvalue weighted by molar-refractivity contribution is 0.246. The quantitative estimate of drug-likeness (QED) is 0.858. The molecule has 0 amide bonds. The van der Waals surface area contributed by atoms with Crippen LogP contribution in [0.4, 0.5) is 4.39 Å². The number of sulfonamides is 1. The number of nitrogens with one attached hydrogen (secondary N) is 1. The second-order valence-corrected chi connectivity index (χ2v) is 8.17. The van der Waals surface area contributed by atoms with Crippen molar-refractivity contribution < 1.29 is 12.8 Å². The first kappa shape index (κ1) is 18.0. The van der Waals surface area contributed by atoms with E-state index in [0.29, 0.717) is 12.1 Å². The van der Waals surface area contributed by atoms with Gasteiger partial charge in [0.1, 0.15) is 5.82 Å². The Balaban J connectivity index is 1.80. The predicted molar refractivity (Wildman–Crippen MR) is 96.3 cm³/mol. The van der Waals surface area contributed by atoms with Gasteiger partial charge in [0.05, 0.1) is 4.90 Å². The molecule has 1 fully saturated rings. The van der Waals surface area contributed by atoms with E-state index in [1.807, 2.05) is 30.3 Å². The zero-order valence-corrected chi connectivity index (χ0v) is 15.1. The van der Waals surface area contributed by atoms with Crippen LogP contribution in [-0.4, -0.2) is 33.0 Å². The monoisotopic (exact) mass is 362 g/mol. The van der Waals surface area contributed by atoms with Gasteiger partial charge in [-0.05, 0) is 62.2 Å². The van der Waals surface area contributed by atoms with Crippen LogP contribution in [0.25, 0.3) is 0 Å². The summed E-state index contributed by atoms with van der Waals surface area (Å²) in [5, 5.41) is 0. The number of nitrogens with zero attached hydrogens (tertiary/aromatic N) is 1. The lowest BCUT2D eigenvalue weighted by atomic mass is 10.1. The van der Waals surface area contributed by atoms with E-state index in [1.165, 1.54) is 18.2 Å². The van der Waals surface area contributed by atoms with E-state index in [0.717, 1.165) is 31.5 Å². The van der Waals surface area contributed by atoms with Gasteiger partial charge in [0.15, 0.2) is 0 Å². The van der Waals surface area contributed by atoms with Crippen LogP contribution in [0.15, 0.2) is 53.4 Å². The first-order valence-corrected chi connectivity index (χ1v) is 10.0. The van der Waals surface area contributed by atoms with Gasteiger partial charge in [-0.2, -0.15) is 0 Å². The van der Waals surface area contributed by atoms with E-state index in [1.54, 1.807) is 6.92 Å². The van der Waals surface area contributed by atoms with Gasteiger partial charge in [-0.15, -0.1) is 0 Å². The maximum absolute atomic E-state index is 13.3. The first-order chi connectivity index (χ1) is 12.0. The summed E-state index contributed by atoms with van der Waals surface area (Å²) in [5.41, 5.74) is 1.51. The molecule has 0 radical (unpaired) electrons. The number of hydrogen-bond acceptors (Lipinski definition) is 3. The average Bonchev–Trinajstić information content (AvgIpc) is 3.10. The number of halogens is 1. The smallest absolute Gasteiger partial charge is 0.240 e. The van der Waals surface area contributed by atoms with Crippen molar-refractivity contribution in [3.05, 3.63) is 65.5 Å². The highest BCUT2D eigenvalue weighted by Gasteiger charge is 2.26. The van der Waals surface area contributed by atoms with E-state index in [9.17, 15) is 12.8 Å². The van der Waals surface area contributed by atoms with Gasteiger partial charge in [-0.25, -0.2) is 17.5 Å². The van der Waals surface area contributed by atoms with E-state index in [2.05, 4.69) is 9.62 Å². The van der Waals surface area contributed by atoms with Crippen LogP contribution in [0.3, 0.4) is 0 Å². The number of benzene rings is 2. The fourth-order valence-corrected chi connectivity index (χ4v) is 4.63. The van der Waals surface area contributed by atoms with Gasteiger partial charge in [0, 0.05) is 12.6 Å². The molecule has 25 heavy (non-hydrogen) atoms. The van der Waals surface area contributed by atoms with Crippen molar-refractivity contribution in [3.63, 3.8) is 0 Å². The minimum absolute atomic E-state index is 0.000713. The molecule has 0 aromatic heterocycles. The summed E-state index contributed by atoms with van der Waals surface area (Å²) in [6.45, 7) is 3.84. The Morgan fingerprint density at radius 2 is 1.80 bits per heavy atom. The van der Waals surface area contributed by atoms with Gasteiger partial charge in [-0.1, -0.05) is 30.3 Å². The molecule has 1 atom stereocenters. The fraction of sp³-hybridized carbons (Fsp3) is 0.368.